The van der Waals surface area contributed by atoms with Crippen LogP contribution in [-0.4, -0.2) is 14.5 Å². The molecule has 0 bridgehead atoms. The fraction of sp³-hybridized carbons (Fsp3) is 0.222. The van der Waals surface area contributed by atoms with Gasteiger partial charge < -0.3 is 0 Å². The molecule has 0 spiro atoms. The normalized spacial score (nSPS) is 10.5. The Kier molecular flexibility index (Phi) is 2.97. The van der Waals surface area contributed by atoms with Crippen LogP contribution in [0.15, 0.2) is 27.3 Å². The Morgan fingerprint density at radius 3 is 3.07 bits per heavy atom. The van der Waals surface area contributed by atoms with Crippen LogP contribution in [0.2, 0.25) is 0 Å². The van der Waals surface area contributed by atoms with E-state index in [1.165, 1.54) is 11.3 Å². The molecule has 0 unspecified atom stereocenters. The van der Waals surface area contributed by atoms with E-state index >= 15 is 0 Å². The van der Waals surface area contributed by atoms with Crippen LogP contribution >= 0.6 is 27.3 Å². The quantitative estimate of drug-likeness (QED) is 0.846. The summed E-state index contributed by atoms with van der Waals surface area (Å²) in [5.41, 5.74) is 2.40. The number of thiazole rings is 1. The van der Waals surface area contributed by atoms with Crippen molar-refractivity contribution in [2.75, 3.05) is 0 Å². The van der Waals surface area contributed by atoms with E-state index in [2.05, 4.69) is 25.9 Å². The zero-order chi connectivity index (χ0) is 10.8. The van der Waals surface area contributed by atoms with Crippen molar-refractivity contribution in [3.05, 3.63) is 43.4 Å². The Morgan fingerprint density at radius 1 is 1.60 bits per heavy atom. The van der Waals surface area contributed by atoms with Crippen molar-refractivity contribution in [3.63, 3.8) is 0 Å². The van der Waals surface area contributed by atoms with Crippen LogP contribution in [0.25, 0.3) is 0 Å². The highest BCUT2D eigenvalue weighted by Gasteiger charge is 2.06. The highest BCUT2D eigenvalue weighted by atomic mass is 79.9. The largest absolute Gasteiger partial charge is 0.293 e. The summed E-state index contributed by atoms with van der Waals surface area (Å²) in [4.78, 5) is 20.9. The summed E-state index contributed by atoms with van der Waals surface area (Å²) in [6.07, 6.45) is 3.31. The maximum Gasteiger partial charge on any atom is 0.268 e. The summed E-state index contributed by atoms with van der Waals surface area (Å²) >= 11 is 4.75. The van der Waals surface area contributed by atoms with Gasteiger partial charge in [-0.1, -0.05) is 0 Å². The smallest absolute Gasteiger partial charge is 0.268 e. The lowest BCUT2D eigenvalue weighted by atomic mass is 10.4. The van der Waals surface area contributed by atoms with E-state index in [9.17, 15) is 4.79 Å². The lowest BCUT2D eigenvalue weighted by Crippen LogP contribution is -2.22. The van der Waals surface area contributed by atoms with Crippen molar-refractivity contribution in [2.45, 2.75) is 13.5 Å². The minimum absolute atomic E-state index is 0.0594. The standard InChI is InChI=1S/C9H8BrN3OS/c1-6-8(10)9(14)13(4-12-6)3-7-2-11-5-15-7/h2,4-5H,3H2,1H3. The summed E-state index contributed by atoms with van der Waals surface area (Å²) in [6, 6.07) is 0. The van der Waals surface area contributed by atoms with Crippen LogP contribution in [0.5, 0.6) is 0 Å². The van der Waals surface area contributed by atoms with Crippen molar-refractivity contribution >= 4 is 27.3 Å². The van der Waals surface area contributed by atoms with E-state index in [4.69, 9.17) is 0 Å². The van der Waals surface area contributed by atoms with Gasteiger partial charge in [0.2, 0.25) is 0 Å². The van der Waals surface area contributed by atoms with Crippen LogP contribution < -0.4 is 5.56 Å². The van der Waals surface area contributed by atoms with Gasteiger partial charge in [0.1, 0.15) is 4.47 Å². The summed E-state index contributed by atoms with van der Waals surface area (Å²) in [5.74, 6) is 0. The minimum atomic E-state index is -0.0594. The number of hydrogen-bond acceptors (Lipinski definition) is 4. The Balaban J connectivity index is 2.38. The van der Waals surface area contributed by atoms with Gasteiger partial charge in [-0.15, -0.1) is 11.3 Å². The molecule has 0 fully saturated rings. The van der Waals surface area contributed by atoms with E-state index in [-0.39, 0.29) is 5.56 Å². The van der Waals surface area contributed by atoms with E-state index in [1.807, 2.05) is 0 Å². The first-order valence-electron chi connectivity index (χ1n) is 4.27. The van der Waals surface area contributed by atoms with Gasteiger partial charge in [-0.2, -0.15) is 0 Å². The van der Waals surface area contributed by atoms with E-state index < -0.39 is 0 Å². The molecule has 2 heterocycles. The minimum Gasteiger partial charge on any atom is -0.293 e. The van der Waals surface area contributed by atoms with Gasteiger partial charge >= 0.3 is 0 Å². The summed E-state index contributed by atoms with van der Waals surface area (Å²) < 4.78 is 2.08. The lowest BCUT2D eigenvalue weighted by Gasteiger charge is -2.04. The highest BCUT2D eigenvalue weighted by molar-refractivity contribution is 9.10. The summed E-state index contributed by atoms with van der Waals surface area (Å²) in [5, 5.41) is 0. The van der Waals surface area contributed by atoms with Gasteiger partial charge in [0, 0.05) is 11.1 Å². The molecule has 2 rings (SSSR count). The second-order valence-electron chi connectivity index (χ2n) is 3.04. The molecule has 0 amide bonds. The number of aryl methyl sites for hydroxylation is 1. The average Bonchev–Trinajstić information content (AvgIpc) is 2.72. The molecule has 0 atom stereocenters. The van der Waals surface area contributed by atoms with Crippen molar-refractivity contribution < 1.29 is 0 Å². The molecule has 2 aromatic rings. The molecule has 0 aliphatic rings. The monoisotopic (exact) mass is 285 g/mol. The molecule has 0 saturated carbocycles. The van der Waals surface area contributed by atoms with Gasteiger partial charge in [-0.25, -0.2) is 4.98 Å². The Labute approximate surface area is 98.8 Å². The Morgan fingerprint density at radius 2 is 2.40 bits per heavy atom. The van der Waals surface area contributed by atoms with Crippen LogP contribution in [0.3, 0.4) is 0 Å². The van der Waals surface area contributed by atoms with Gasteiger partial charge in [0.15, 0.2) is 0 Å². The third kappa shape index (κ3) is 2.15. The molecule has 2 aromatic heterocycles. The predicted molar refractivity (Wildman–Crippen MR) is 62.2 cm³/mol. The number of rotatable bonds is 2. The Bertz CT molecular complexity index is 521. The fourth-order valence-electron chi connectivity index (χ4n) is 1.15. The molecule has 0 aliphatic carbocycles. The molecule has 6 heteroatoms. The number of halogens is 1. The zero-order valence-electron chi connectivity index (χ0n) is 7.98. The summed E-state index contributed by atoms with van der Waals surface area (Å²) in [6.45, 7) is 2.32. The third-order valence-corrected chi connectivity index (χ3v) is 3.64. The molecule has 0 aromatic carbocycles. The van der Waals surface area contributed by atoms with Crippen LogP contribution in [-0.2, 0) is 6.54 Å². The number of aromatic nitrogens is 3. The molecule has 4 nitrogen and oxygen atoms in total. The van der Waals surface area contributed by atoms with Crippen molar-refractivity contribution in [2.24, 2.45) is 0 Å². The number of hydrogen-bond donors (Lipinski definition) is 0. The average molecular weight is 286 g/mol. The van der Waals surface area contributed by atoms with Gasteiger partial charge in [-0.3, -0.25) is 14.3 Å². The third-order valence-electron chi connectivity index (χ3n) is 1.97. The molecular formula is C9H8BrN3OS. The molecule has 0 aliphatic heterocycles. The predicted octanol–water partition coefficient (Wildman–Crippen LogP) is 1.82. The molecular weight excluding hydrogens is 278 g/mol. The van der Waals surface area contributed by atoms with Crippen molar-refractivity contribution in [1.29, 1.82) is 0 Å². The topological polar surface area (TPSA) is 47.8 Å². The maximum absolute atomic E-state index is 11.8. The summed E-state index contributed by atoms with van der Waals surface area (Å²) in [7, 11) is 0. The maximum atomic E-state index is 11.8. The molecule has 0 radical (unpaired) electrons. The lowest BCUT2D eigenvalue weighted by molar-refractivity contribution is 0.732. The van der Waals surface area contributed by atoms with Crippen LogP contribution in [0.1, 0.15) is 10.6 Å². The SMILES string of the molecule is Cc1ncn(Cc2cncs2)c(=O)c1Br. The van der Waals surface area contributed by atoms with Crippen molar-refractivity contribution in [1.82, 2.24) is 14.5 Å². The second-order valence-corrected chi connectivity index (χ2v) is 4.81. The second kappa shape index (κ2) is 4.24. The van der Waals surface area contributed by atoms with E-state index in [1.54, 1.807) is 29.5 Å². The first-order valence-corrected chi connectivity index (χ1v) is 5.94. The van der Waals surface area contributed by atoms with E-state index in [0.29, 0.717) is 16.7 Å². The molecule has 0 saturated heterocycles. The van der Waals surface area contributed by atoms with Crippen LogP contribution in [0.4, 0.5) is 0 Å². The van der Waals surface area contributed by atoms with Crippen molar-refractivity contribution in [3.8, 4) is 0 Å². The highest BCUT2D eigenvalue weighted by Crippen LogP contribution is 2.09. The fourth-order valence-corrected chi connectivity index (χ4v) is 2.07. The first-order chi connectivity index (χ1) is 7.18. The Hall–Kier alpha value is -1.01. The zero-order valence-corrected chi connectivity index (χ0v) is 10.4. The molecule has 78 valence electrons. The van der Waals surface area contributed by atoms with Gasteiger partial charge in [0.25, 0.3) is 5.56 Å². The number of nitrogens with zero attached hydrogens (tertiary/aromatic N) is 3. The van der Waals surface area contributed by atoms with Gasteiger partial charge in [-0.05, 0) is 22.9 Å². The first kappa shape index (κ1) is 10.5. The van der Waals surface area contributed by atoms with E-state index in [0.717, 1.165) is 4.88 Å². The van der Waals surface area contributed by atoms with Crippen LogP contribution in [0, 0.1) is 6.92 Å². The molecule has 0 N–H and O–H groups in total. The molecule has 15 heavy (non-hydrogen) atoms. The van der Waals surface area contributed by atoms with Gasteiger partial charge in [0.05, 0.1) is 24.1 Å².